The fourth-order valence-electron chi connectivity index (χ4n) is 2.36. The van der Waals surface area contributed by atoms with Gasteiger partial charge in [0, 0.05) is 16.9 Å². The van der Waals surface area contributed by atoms with Crippen molar-refractivity contribution in [2.45, 2.75) is 6.61 Å². The van der Waals surface area contributed by atoms with Crippen LogP contribution in [0.15, 0.2) is 66.9 Å². The molecule has 27 heavy (non-hydrogen) atoms. The third-order valence-electron chi connectivity index (χ3n) is 3.61. The summed E-state index contributed by atoms with van der Waals surface area (Å²) in [6.07, 6.45) is 1.58. The first-order chi connectivity index (χ1) is 13.1. The number of carbonyl (C=O) groups excluding carboxylic acids is 1. The van der Waals surface area contributed by atoms with E-state index in [4.69, 9.17) is 21.1 Å². The molecule has 0 fully saturated rings. The molecule has 0 atom stereocenters. The summed E-state index contributed by atoms with van der Waals surface area (Å²) >= 11 is 5.92. The summed E-state index contributed by atoms with van der Waals surface area (Å²) in [7, 11) is 1.61. The fourth-order valence-corrected chi connectivity index (χ4v) is 2.55. The predicted octanol–water partition coefficient (Wildman–Crippen LogP) is 4.97. The number of rotatable bonds is 6. The molecule has 6 nitrogen and oxygen atoms in total. The van der Waals surface area contributed by atoms with E-state index in [1.54, 1.807) is 49.7 Å². The van der Waals surface area contributed by atoms with Gasteiger partial charge in [0.05, 0.1) is 7.11 Å². The molecular formula is C20H18ClN3O3. The highest BCUT2D eigenvalue weighted by Gasteiger charge is 2.10. The second kappa shape index (κ2) is 8.91. The number of nitrogens with zero attached hydrogens (tertiary/aromatic N) is 1. The summed E-state index contributed by atoms with van der Waals surface area (Å²) < 4.78 is 11.0. The van der Waals surface area contributed by atoms with Gasteiger partial charge in [0.25, 0.3) is 0 Å². The summed E-state index contributed by atoms with van der Waals surface area (Å²) in [5, 5.41) is 5.92. The van der Waals surface area contributed by atoms with E-state index in [1.165, 1.54) is 0 Å². The van der Waals surface area contributed by atoms with E-state index in [1.807, 2.05) is 24.3 Å². The van der Waals surface area contributed by atoms with Crippen LogP contribution in [-0.4, -0.2) is 18.1 Å². The largest absolute Gasteiger partial charge is 0.497 e. The lowest BCUT2D eigenvalue weighted by Gasteiger charge is -2.12. The third-order valence-corrected chi connectivity index (χ3v) is 3.85. The molecule has 0 radical (unpaired) electrons. The minimum Gasteiger partial charge on any atom is -0.497 e. The number of benzene rings is 2. The maximum absolute atomic E-state index is 12.2. The van der Waals surface area contributed by atoms with Gasteiger partial charge >= 0.3 is 6.03 Å². The average Bonchev–Trinajstić information content (AvgIpc) is 2.67. The third kappa shape index (κ3) is 5.36. The van der Waals surface area contributed by atoms with Crippen molar-refractivity contribution in [3.63, 3.8) is 0 Å². The summed E-state index contributed by atoms with van der Waals surface area (Å²) in [6, 6.07) is 17.5. The molecule has 0 aliphatic rings. The number of urea groups is 1. The van der Waals surface area contributed by atoms with Gasteiger partial charge in [-0.2, -0.15) is 0 Å². The van der Waals surface area contributed by atoms with E-state index in [0.717, 1.165) is 11.3 Å². The number of halogens is 1. The summed E-state index contributed by atoms with van der Waals surface area (Å²) in [4.78, 5) is 16.4. The number of amides is 2. The maximum Gasteiger partial charge on any atom is 0.324 e. The van der Waals surface area contributed by atoms with E-state index >= 15 is 0 Å². The van der Waals surface area contributed by atoms with Crippen LogP contribution in [0.3, 0.4) is 0 Å². The molecule has 0 spiro atoms. The first-order valence-electron chi connectivity index (χ1n) is 8.18. The molecule has 7 heteroatoms. The molecule has 0 bridgehead atoms. The Bertz CT molecular complexity index is 934. The zero-order valence-electron chi connectivity index (χ0n) is 14.6. The molecular weight excluding hydrogens is 366 g/mol. The smallest absolute Gasteiger partial charge is 0.324 e. The van der Waals surface area contributed by atoms with Crippen LogP contribution < -0.4 is 20.1 Å². The molecule has 1 heterocycles. The van der Waals surface area contributed by atoms with Crippen LogP contribution in [0.2, 0.25) is 5.02 Å². The van der Waals surface area contributed by atoms with E-state index in [2.05, 4.69) is 15.6 Å². The van der Waals surface area contributed by atoms with Gasteiger partial charge in [-0.05, 0) is 48.0 Å². The van der Waals surface area contributed by atoms with Gasteiger partial charge in [-0.15, -0.1) is 0 Å². The number of pyridine rings is 1. The summed E-state index contributed by atoms with van der Waals surface area (Å²) in [5.41, 5.74) is 1.52. The SMILES string of the molecule is COc1cccc(COc2cccnc2NC(=O)Nc2cccc(Cl)c2)c1. The van der Waals surface area contributed by atoms with Crippen LogP contribution in [0.5, 0.6) is 11.5 Å². The van der Waals surface area contributed by atoms with Crippen molar-refractivity contribution in [2.75, 3.05) is 17.7 Å². The van der Waals surface area contributed by atoms with Crippen molar-refractivity contribution < 1.29 is 14.3 Å². The van der Waals surface area contributed by atoms with Crippen LogP contribution in [-0.2, 0) is 6.61 Å². The minimum atomic E-state index is -0.442. The van der Waals surface area contributed by atoms with Gasteiger partial charge < -0.3 is 14.8 Å². The Labute approximate surface area is 162 Å². The predicted molar refractivity (Wildman–Crippen MR) is 106 cm³/mol. The fraction of sp³-hybridized carbons (Fsp3) is 0.100. The second-order valence-corrected chi connectivity index (χ2v) is 6.02. The molecule has 2 aromatic carbocycles. The van der Waals surface area contributed by atoms with Crippen LogP contribution in [0.1, 0.15) is 5.56 Å². The Morgan fingerprint density at radius 2 is 1.93 bits per heavy atom. The molecule has 1 aromatic heterocycles. The topological polar surface area (TPSA) is 72.5 Å². The highest BCUT2D eigenvalue weighted by atomic mass is 35.5. The van der Waals surface area contributed by atoms with Crippen molar-refractivity contribution in [3.8, 4) is 11.5 Å². The highest BCUT2D eigenvalue weighted by Crippen LogP contribution is 2.23. The summed E-state index contributed by atoms with van der Waals surface area (Å²) in [6.45, 7) is 0.313. The van der Waals surface area contributed by atoms with Crippen molar-refractivity contribution in [2.24, 2.45) is 0 Å². The molecule has 3 aromatic rings. The van der Waals surface area contributed by atoms with Gasteiger partial charge in [-0.1, -0.05) is 29.8 Å². The lowest BCUT2D eigenvalue weighted by molar-refractivity contribution is 0.261. The Balaban J connectivity index is 1.65. The second-order valence-electron chi connectivity index (χ2n) is 5.58. The van der Waals surface area contributed by atoms with Gasteiger partial charge in [-0.3, -0.25) is 5.32 Å². The van der Waals surface area contributed by atoms with Crippen molar-refractivity contribution >= 4 is 29.1 Å². The number of ether oxygens (including phenoxy) is 2. The Morgan fingerprint density at radius 1 is 1.07 bits per heavy atom. The van der Waals surface area contributed by atoms with Gasteiger partial charge in [0.15, 0.2) is 11.6 Å². The Hall–Kier alpha value is -3.25. The van der Waals surface area contributed by atoms with E-state index in [9.17, 15) is 4.79 Å². The normalized spacial score (nSPS) is 10.1. The molecule has 0 saturated heterocycles. The number of anilines is 2. The van der Waals surface area contributed by atoms with Gasteiger partial charge in [0.1, 0.15) is 12.4 Å². The lowest BCUT2D eigenvalue weighted by atomic mass is 10.2. The lowest BCUT2D eigenvalue weighted by Crippen LogP contribution is -2.20. The number of carbonyl (C=O) groups is 1. The number of hydrogen-bond acceptors (Lipinski definition) is 4. The van der Waals surface area contributed by atoms with Crippen LogP contribution >= 0.6 is 11.6 Å². The molecule has 0 aliphatic carbocycles. The Kier molecular flexibility index (Phi) is 6.12. The van der Waals surface area contributed by atoms with E-state index < -0.39 is 6.03 Å². The first kappa shape index (κ1) is 18.5. The first-order valence-corrected chi connectivity index (χ1v) is 8.56. The quantitative estimate of drug-likeness (QED) is 0.630. The molecule has 2 N–H and O–H groups in total. The van der Waals surface area contributed by atoms with Crippen molar-refractivity contribution in [1.82, 2.24) is 4.98 Å². The molecule has 2 amide bonds. The summed E-state index contributed by atoms with van der Waals surface area (Å²) in [5.74, 6) is 1.53. The van der Waals surface area contributed by atoms with Gasteiger partial charge in [0.2, 0.25) is 0 Å². The minimum absolute atomic E-state index is 0.313. The van der Waals surface area contributed by atoms with Crippen LogP contribution in [0, 0.1) is 0 Å². The highest BCUT2D eigenvalue weighted by molar-refractivity contribution is 6.30. The van der Waals surface area contributed by atoms with Crippen molar-refractivity contribution in [1.29, 1.82) is 0 Å². The average molecular weight is 384 g/mol. The monoisotopic (exact) mass is 383 g/mol. The van der Waals surface area contributed by atoms with E-state index in [-0.39, 0.29) is 0 Å². The standard InChI is InChI=1S/C20H18ClN3O3/c1-26-17-8-2-5-14(11-17)13-27-18-9-4-10-22-19(18)24-20(25)23-16-7-3-6-15(21)12-16/h2-12H,13H2,1H3,(H2,22,23,24,25). The number of methoxy groups -OCH3 is 1. The Morgan fingerprint density at radius 3 is 2.74 bits per heavy atom. The zero-order valence-corrected chi connectivity index (χ0v) is 15.4. The van der Waals surface area contributed by atoms with Crippen LogP contribution in [0.25, 0.3) is 0 Å². The van der Waals surface area contributed by atoms with Crippen LogP contribution in [0.4, 0.5) is 16.3 Å². The molecule has 0 unspecified atom stereocenters. The van der Waals surface area contributed by atoms with E-state index in [0.29, 0.717) is 28.9 Å². The molecule has 0 saturated carbocycles. The number of nitrogens with one attached hydrogen (secondary N) is 2. The van der Waals surface area contributed by atoms with Gasteiger partial charge in [-0.25, -0.2) is 9.78 Å². The number of hydrogen-bond donors (Lipinski definition) is 2. The number of aromatic nitrogens is 1. The molecule has 3 rings (SSSR count). The zero-order chi connectivity index (χ0) is 19.1. The molecule has 0 aliphatic heterocycles. The molecule has 138 valence electrons. The van der Waals surface area contributed by atoms with Crippen molar-refractivity contribution in [3.05, 3.63) is 77.4 Å². The maximum atomic E-state index is 12.2.